The molecule has 0 bridgehead atoms. The highest BCUT2D eigenvalue weighted by Crippen LogP contribution is 2.49. The first-order chi connectivity index (χ1) is 13.8. The van der Waals surface area contributed by atoms with Crippen molar-refractivity contribution >= 4 is 17.6 Å². The number of benzene rings is 3. The minimum absolute atomic E-state index is 0.243. The Balaban J connectivity index is 1.40. The molecule has 138 valence electrons. The van der Waals surface area contributed by atoms with Crippen LogP contribution in [0.4, 0.5) is 11.4 Å². The normalized spacial score (nSPS) is 22.6. The van der Waals surface area contributed by atoms with Crippen molar-refractivity contribution in [1.82, 2.24) is 0 Å². The molecule has 0 saturated carbocycles. The van der Waals surface area contributed by atoms with Crippen LogP contribution in [0.1, 0.15) is 35.1 Å². The lowest BCUT2D eigenvalue weighted by Gasteiger charge is -2.37. The monoisotopic (exact) mass is 366 g/mol. The summed E-state index contributed by atoms with van der Waals surface area (Å²) >= 11 is 0. The number of hydrogen-bond donors (Lipinski definition) is 2. The number of rotatable bonds is 3. The van der Waals surface area contributed by atoms with Crippen LogP contribution in [0.15, 0.2) is 89.9 Å². The maximum Gasteiger partial charge on any atom is 0.124 e. The Morgan fingerprint density at radius 3 is 2.57 bits per heavy atom. The van der Waals surface area contributed by atoms with Gasteiger partial charge in [0.15, 0.2) is 0 Å². The van der Waals surface area contributed by atoms with Gasteiger partial charge in [0.05, 0.1) is 11.7 Å². The Morgan fingerprint density at radius 2 is 1.71 bits per heavy atom. The second-order valence-corrected chi connectivity index (χ2v) is 7.47. The molecule has 3 aromatic rings. The third kappa shape index (κ3) is 2.99. The van der Waals surface area contributed by atoms with Crippen LogP contribution in [0, 0.1) is 5.92 Å². The van der Waals surface area contributed by atoms with Crippen LogP contribution >= 0.6 is 0 Å². The number of allylic oxidation sites excluding steroid dienone is 2. The number of phenolic OH excluding ortho intramolecular Hbond substituents is 1. The van der Waals surface area contributed by atoms with E-state index in [2.05, 4.69) is 58.9 Å². The molecule has 1 aliphatic carbocycles. The Morgan fingerprint density at radius 1 is 0.929 bits per heavy atom. The van der Waals surface area contributed by atoms with Crippen LogP contribution in [-0.2, 0) is 0 Å². The second kappa shape index (κ2) is 7.01. The topological polar surface area (TPSA) is 44.6 Å². The van der Waals surface area contributed by atoms with Gasteiger partial charge in [-0.3, -0.25) is 4.99 Å². The first kappa shape index (κ1) is 16.8. The number of anilines is 1. The Kier molecular flexibility index (Phi) is 4.21. The summed E-state index contributed by atoms with van der Waals surface area (Å²) in [5, 5.41) is 13.6. The van der Waals surface area contributed by atoms with Gasteiger partial charge >= 0.3 is 0 Å². The van der Waals surface area contributed by atoms with Crippen molar-refractivity contribution in [2.75, 3.05) is 5.32 Å². The highest BCUT2D eigenvalue weighted by molar-refractivity contribution is 5.85. The van der Waals surface area contributed by atoms with E-state index >= 15 is 0 Å². The third-order valence-electron chi connectivity index (χ3n) is 5.81. The van der Waals surface area contributed by atoms with Gasteiger partial charge < -0.3 is 10.4 Å². The van der Waals surface area contributed by atoms with Crippen molar-refractivity contribution < 1.29 is 5.11 Å². The maximum atomic E-state index is 9.86. The maximum absolute atomic E-state index is 9.86. The molecule has 2 N–H and O–H groups in total. The molecule has 0 amide bonds. The first-order valence-electron chi connectivity index (χ1n) is 9.74. The zero-order valence-corrected chi connectivity index (χ0v) is 15.5. The van der Waals surface area contributed by atoms with Gasteiger partial charge in [0, 0.05) is 23.4 Å². The molecule has 5 rings (SSSR count). The minimum atomic E-state index is 0.243. The lowest BCUT2D eigenvalue weighted by molar-refractivity contribution is 0.425. The average molecular weight is 366 g/mol. The van der Waals surface area contributed by atoms with Crippen LogP contribution in [0.25, 0.3) is 0 Å². The van der Waals surface area contributed by atoms with Gasteiger partial charge in [-0.1, -0.05) is 54.6 Å². The van der Waals surface area contributed by atoms with Crippen molar-refractivity contribution in [2.24, 2.45) is 10.9 Å². The summed E-state index contributed by atoms with van der Waals surface area (Å²) in [5.74, 6) is 1.28. The van der Waals surface area contributed by atoms with Crippen LogP contribution < -0.4 is 5.32 Å². The number of para-hydroxylation sites is 2. The summed E-state index contributed by atoms with van der Waals surface area (Å²) < 4.78 is 0. The zero-order valence-electron chi connectivity index (χ0n) is 15.5. The van der Waals surface area contributed by atoms with Crippen molar-refractivity contribution in [1.29, 1.82) is 0 Å². The molecule has 28 heavy (non-hydrogen) atoms. The van der Waals surface area contributed by atoms with E-state index in [0.717, 1.165) is 17.7 Å². The molecule has 0 unspecified atom stereocenters. The highest BCUT2D eigenvalue weighted by atomic mass is 16.3. The Labute approximate surface area is 165 Å². The molecule has 3 atom stereocenters. The minimum Gasteiger partial charge on any atom is -0.507 e. The fourth-order valence-electron chi connectivity index (χ4n) is 4.38. The largest absolute Gasteiger partial charge is 0.507 e. The van der Waals surface area contributed by atoms with E-state index in [1.807, 2.05) is 30.3 Å². The van der Waals surface area contributed by atoms with Gasteiger partial charge in [0.1, 0.15) is 5.75 Å². The molecular formula is C25H22N2O. The van der Waals surface area contributed by atoms with Crippen molar-refractivity contribution in [3.05, 3.63) is 102 Å². The molecule has 0 spiro atoms. The van der Waals surface area contributed by atoms with Crippen LogP contribution in [-0.4, -0.2) is 11.3 Å². The standard InChI is InChI=1S/C25H22N2O/c28-24-11-4-1-6-18(24)16-26-19-14-12-17(13-15-19)25-22-9-5-8-20(22)21-7-2-3-10-23(21)27-25/h1-8,10-16,20,22,25,27-28H,9H2/t20-,22-,25+/m1/s1. The fraction of sp³-hybridized carbons (Fsp3) is 0.160. The predicted molar refractivity (Wildman–Crippen MR) is 115 cm³/mol. The van der Waals surface area contributed by atoms with E-state index in [0.29, 0.717) is 17.9 Å². The lowest BCUT2D eigenvalue weighted by Crippen LogP contribution is -2.28. The number of fused-ring (bicyclic) bond motifs is 3. The van der Waals surface area contributed by atoms with Gasteiger partial charge in [0.2, 0.25) is 0 Å². The van der Waals surface area contributed by atoms with Gasteiger partial charge in [0.25, 0.3) is 0 Å². The summed E-state index contributed by atoms with van der Waals surface area (Å²) in [6.45, 7) is 0. The number of nitrogens with zero attached hydrogens (tertiary/aromatic N) is 1. The summed E-state index contributed by atoms with van der Waals surface area (Å²) in [7, 11) is 0. The van der Waals surface area contributed by atoms with Crippen LogP contribution in [0.3, 0.4) is 0 Å². The quantitative estimate of drug-likeness (QED) is 0.443. The summed E-state index contributed by atoms with van der Waals surface area (Å²) in [6, 6.07) is 24.6. The summed E-state index contributed by atoms with van der Waals surface area (Å²) in [4.78, 5) is 4.51. The fourth-order valence-corrected chi connectivity index (χ4v) is 4.38. The van der Waals surface area contributed by atoms with E-state index in [9.17, 15) is 5.11 Å². The van der Waals surface area contributed by atoms with E-state index in [1.54, 1.807) is 12.3 Å². The molecule has 0 saturated heterocycles. The number of nitrogens with one attached hydrogen (secondary N) is 1. The second-order valence-electron chi connectivity index (χ2n) is 7.47. The molecule has 0 radical (unpaired) electrons. The van der Waals surface area contributed by atoms with Crippen LogP contribution in [0.2, 0.25) is 0 Å². The molecule has 2 aliphatic rings. The third-order valence-corrected chi connectivity index (χ3v) is 5.81. The van der Waals surface area contributed by atoms with Gasteiger partial charge in [-0.15, -0.1) is 0 Å². The predicted octanol–water partition coefficient (Wildman–Crippen LogP) is 5.97. The number of hydrogen-bond acceptors (Lipinski definition) is 3. The van der Waals surface area contributed by atoms with E-state index in [1.165, 1.54) is 16.8 Å². The van der Waals surface area contributed by atoms with Crippen molar-refractivity contribution in [3.63, 3.8) is 0 Å². The van der Waals surface area contributed by atoms with Crippen molar-refractivity contribution in [2.45, 2.75) is 18.4 Å². The van der Waals surface area contributed by atoms with Crippen molar-refractivity contribution in [3.8, 4) is 5.75 Å². The van der Waals surface area contributed by atoms with E-state index < -0.39 is 0 Å². The first-order valence-corrected chi connectivity index (χ1v) is 9.74. The Hall–Kier alpha value is -3.33. The number of aliphatic imine (C=N–C) groups is 1. The van der Waals surface area contributed by atoms with Gasteiger partial charge in [-0.25, -0.2) is 0 Å². The molecule has 0 fully saturated rings. The zero-order chi connectivity index (χ0) is 18.9. The lowest BCUT2D eigenvalue weighted by atomic mass is 9.77. The van der Waals surface area contributed by atoms with Gasteiger partial charge in [-0.2, -0.15) is 0 Å². The molecular weight excluding hydrogens is 344 g/mol. The Bertz CT molecular complexity index is 1050. The molecule has 1 aliphatic heterocycles. The molecule has 3 heteroatoms. The summed E-state index contributed by atoms with van der Waals surface area (Å²) in [6.07, 6.45) is 7.49. The van der Waals surface area contributed by atoms with E-state index in [4.69, 9.17) is 0 Å². The highest BCUT2D eigenvalue weighted by Gasteiger charge is 2.37. The van der Waals surface area contributed by atoms with E-state index in [-0.39, 0.29) is 5.75 Å². The molecule has 1 heterocycles. The summed E-state index contributed by atoms with van der Waals surface area (Å²) in [5.41, 5.74) is 5.53. The SMILES string of the molecule is Oc1ccccc1C=Nc1ccc([C@@H]2Nc3ccccc3[C@H]3C=CC[C@H]32)cc1. The number of phenols is 1. The number of aromatic hydroxyl groups is 1. The molecule has 3 nitrogen and oxygen atoms in total. The molecule has 0 aromatic heterocycles. The molecule has 3 aromatic carbocycles. The smallest absolute Gasteiger partial charge is 0.124 e. The van der Waals surface area contributed by atoms with Crippen LogP contribution in [0.5, 0.6) is 5.75 Å². The average Bonchev–Trinajstić information content (AvgIpc) is 3.23. The van der Waals surface area contributed by atoms with Gasteiger partial charge in [-0.05, 0) is 53.8 Å².